The minimum Gasteiger partial charge on any atom is -0.324 e. The highest BCUT2D eigenvalue weighted by molar-refractivity contribution is 6.66. The van der Waals surface area contributed by atoms with Gasteiger partial charge in [0.15, 0.2) is 0 Å². The molecule has 0 aromatic rings. The van der Waals surface area contributed by atoms with Gasteiger partial charge in [-0.25, -0.2) is 0 Å². The van der Waals surface area contributed by atoms with Crippen LogP contribution in [-0.4, -0.2) is 36.9 Å². The maximum absolute atomic E-state index is 3.81. The molecule has 0 spiro atoms. The molecule has 1 saturated heterocycles. The van der Waals surface area contributed by atoms with E-state index < -0.39 is 0 Å². The zero-order valence-electron chi connectivity index (χ0n) is 7.78. The largest absolute Gasteiger partial charge is 0.324 e. The Bertz CT molecular complexity index is 125. The minimum atomic E-state index is -0.336. The third-order valence-electron chi connectivity index (χ3n) is 2.48. The summed E-state index contributed by atoms with van der Waals surface area (Å²) in [5.41, 5.74) is 0. The van der Waals surface area contributed by atoms with Gasteiger partial charge in [-0.3, -0.25) is 0 Å². The Balaban J connectivity index is 2.46. The molecule has 1 nitrogen and oxygen atoms in total. The number of hydrogen-bond acceptors (Lipinski definition) is 1. The fourth-order valence-corrected chi connectivity index (χ4v) is 3.70. The molecule has 4 radical (unpaired) electrons. The van der Waals surface area contributed by atoms with Crippen LogP contribution in [0.15, 0.2) is 0 Å². The van der Waals surface area contributed by atoms with Gasteiger partial charge in [0.2, 0.25) is 0 Å². The average Bonchev–Trinajstić information content (AvgIpc) is 2.34. The highest BCUT2D eigenvalue weighted by Crippen LogP contribution is 2.27. The second-order valence-electron chi connectivity index (χ2n) is 3.90. The van der Waals surface area contributed by atoms with Crippen molar-refractivity contribution in [1.82, 2.24) is 4.57 Å². The summed E-state index contributed by atoms with van der Waals surface area (Å²) in [6.07, 6.45) is 2.81. The first-order chi connectivity index (χ1) is 5.02. The highest BCUT2D eigenvalue weighted by Gasteiger charge is 2.29. The van der Waals surface area contributed by atoms with Gasteiger partial charge < -0.3 is 4.57 Å². The van der Waals surface area contributed by atoms with Crippen molar-refractivity contribution >= 4 is 19.2 Å². The number of nitrogens with zero attached hydrogens (tertiary/aromatic N) is 1. The Morgan fingerprint density at radius 2 is 1.73 bits per heavy atom. The van der Waals surface area contributed by atoms with Crippen molar-refractivity contribution in [3.63, 3.8) is 0 Å². The van der Waals surface area contributed by atoms with Gasteiger partial charge in [-0.05, 0) is 30.6 Å². The lowest BCUT2D eigenvalue weighted by molar-refractivity contribution is 0.520. The fraction of sp³-hybridized carbons (Fsp3) is 1.00. The van der Waals surface area contributed by atoms with Crippen LogP contribution in [0, 0.1) is 0 Å². The van der Waals surface area contributed by atoms with Crippen LogP contribution in [-0.2, 0) is 0 Å². The first-order valence-electron chi connectivity index (χ1n) is 4.36. The lowest BCUT2D eigenvalue weighted by Gasteiger charge is -2.32. The molecule has 1 fully saturated rings. The Morgan fingerprint density at radius 1 is 1.27 bits per heavy atom. The SMILES string of the molecule is C[Si](N1CCCC1)C(C)(C)[Si]. The monoisotopic (exact) mass is 183 g/mol. The second-order valence-corrected chi connectivity index (χ2v) is 8.71. The predicted octanol–water partition coefficient (Wildman–Crippen LogP) is 1.61. The molecule has 0 unspecified atom stereocenters. The Morgan fingerprint density at radius 3 is 2.09 bits per heavy atom. The maximum Gasteiger partial charge on any atom is 0.135 e. The molecule has 0 bridgehead atoms. The fourth-order valence-electron chi connectivity index (χ4n) is 1.45. The third-order valence-corrected chi connectivity index (χ3v) is 6.78. The van der Waals surface area contributed by atoms with Gasteiger partial charge in [-0.1, -0.05) is 20.4 Å². The van der Waals surface area contributed by atoms with Crippen LogP contribution in [0.4, 0.5) is 0 Å². The Labute approximate surface area is 75.3 Å². The molecule has 0 N–H and O–H groups in total. The maximum atomic E-state index is 3.81. The van der Waals surface area contributed by atoms with E-state index in [4.69, 9.17) is 0 Å². The van der Waals surface area contributed by atoms with E-state index in [0.29, 0.717) is 4.66 Å². The van der Waals surface area contributed by atoms with Crippen LogP contribution in [0.5, 0.6) is 0 Å². The van der Waals surface area contributed by atoms with Crippen LogP contribution in [0.2, 0.25) is 11.2 Å². The van der Waals surface area contributed by atoms with Crippen LogP contribution in [0.3, 0.4) is 0 Å². The predicted molar refractivity (Wildman–Crippen MR) is 52.2 cm³/mol. The van der Waals surface area contributed by atoms with E-state index in [-0.39, 0.29) is 8.96 Å². The number of rotatable bonds is 2. The van der Waals surface area contributed by atoms with Crippen molar-refractivity contribution in [2.75, 3.05) is 13.1 Å². The molecule has 1 aliphatic rings. The van der Waals surface area contributed by atoms with Crippen molar-refractivity contribution < 1.29 is 0 Å². The summed E-state index contributed by atoms with van der Waals surface area (Å²) in [5.74, 6) is 0. The van der Waals surface area contributed by atoms with Gasteiger partial charge in [0, 0.05) is 10.2 Å². The third kappa shape index (κ3) is 2.42. The van der Waals surface area contributed by atoms with E-state index in [1.165, 1.54) is 25.9 Å². The lowest BCUT2D eigenvalue weighted by Crippen LogP contribution is -2.42. The molecule has 1 aliphatic heterocycles. The minimum absolute atomic E-state index is 0.336. The molecular formula is C8H17NSi2. The van der Waals surface area contributed by atoms with Gasteiger partial charge in [-0.15, -0.1) is 0 Å². The van der Waals surface area contributed by atoms with Gasteiger partial charge in [0.25, 0.3) is 0 Å². The molecule has 0 amide bonds. The van der Waals surface area contributed by atoms with Crippen molar-refractivity contribution in [3.8, 4) is 0 Å². The van der Waals surface area contributed by atoms with E-state index in [1.54, 1.807) is 0 Å². The van der Waals surface area contributed by atoms with Gasteiger partial charge in [0.1, 0.15) is 8.96 Å². The van der Waals surface area contributed by atoms with Crippen LogP contribution >= 0.6 is 0 Å². The Kier molecular flexibility index (Phi) is 2.94. The van der Waals surface area contributed by atoms with Crippen LogP contribution in [0.1, 0.15) is 26.7 Å². The van der Waals surface area contributed by atoms with E-state index >= 15 is 0 Å². The van der Waals surface area contributed by atoms with Gasteiger partial charge >= 0.3 is 0 Å². The zero-order valence-corrected chi connectivity index (χ0v) is 9.78. The first-order valence-corrected chi connectivity index (χ1v) is 6.80. The average molecular weight is 183 g/mol. The lowest BCUT2D eigenvalue weighted by atomic mass is 10.4. The van der Waals surface area contributed by atoms with Crippen molar-refractivity contribution in [3.05, 3.63) is 0 Å². The standard InChI is InChI=1S/C8H17NSi2/c1-8(2,10)11(3)9-6-4-5-7-9/h4-7H2,1-3H3. The summed E-state index contributed by atoms with van der Waals surface area (Å²) in [4.78, 5) is 0. The molecule has 0 aromatic carbocycles. The molecule has 62 valence electrons. The van der Waals surface area contributed by atoms with E-state index in [2.05, 4.69) is 35.2 Å². The van der Waals surface area contributed by atoms with Crippen LogP contribution < -0.4 is 0 Å². The molecule has 0 saturated carbocycles. The summed E-state index contributed by atoms with van der Waals surface area (Å²) in [6.45, 7) is 9.65. The first kappa shape index (κ1) is 9.48. The normalized spacial score (nSPS) is 21.5. The zero-order chi connectivity index (χ0) is 8.48. The molecule has 11 heavy (non-hydrogen) atoms. The molecule has 3 heteroatoms. The summed E-state index contributed by atoms with van der Waals surface area (Å²) in [5, 5.41) is 0. The van der Waals surface area contributed by atoms with E-state index in [1.807, 2.05) is 0 Å². The topological polar surface area (TPSA) is 3.24 Å². The quantitative estimate of drug-likeness (QED) is 0.588. The summed E-state index contributed by atoms with van der Waals surface area (Å²) >= 11 is 0. The molecule has 0 aromatic heterocycles. The van der Waals surface area contributed by atoms with E-state index in [0.717, 1.165) is 0 Å². The summed E-state index contributed by atoms with van der Waals surface area (Å²) in [7, 11) is 3.47. The molecule has 0 atom stereocenters. The number of hydrogen-bond donors (Lipinski definition) is 0. The Hall–Kier alpha value is 0.394. The molecule has 1 rings (SSSR count). The van der Waals surface area contributed by atoms with Crippen molar-refractivity contribution in [2.45, 2.75) is 37.9 Å². The summed E-state index contributed by atoms with van der Waals surface area (Å²) < 4.78 is 3.02. The highest BCUT2D eigenvalue weighted by atomic mass is 28.3. The second kappa shape index (κ2) is 3.41. The molecule has 1 heterocycles. The molecule has 0 aliphatic carbocycles. The van der Waals surface area contributed by atoms with Crippen LogP contribution in [0.25, 0.3) is 0 Å². The van der Waals surface area contributed by atoms with E-state index in [9.17, 15) is 0 Å². The van der Waals surface area contributed by atoms with Crippen molar-refractivity contribution in [2.24, 2.45) is 0 Å². The van der Waals surface area contributed by atoms with Crippen molar-refractivity contribution in [1.29, 1.82) is 0 Å². The van der Waals surface area contributed by atoms with Gasteiger partial charge in [-0.2, -0.15) is 0 Å². The van der Waals surface area contributed by atoms with Gasteiger partial charge in [0.05, 0.1) is 0 Å². The smallest absolute Gasteiger partial charge is 0.135 e. The molecular weight excluding hydrogens is 166 g/mol. The summed E-state index contributed by atoms with van der Waals surface area (Å²) in [6, 6.07) is 0.